The number of benzene rings is 1. The number of aromatic amines is 1. The minimum Gasteiger partial charge on any atom is -0.492 e. The van der Waals surface area contributed by atoms with Gasteiger partial charge in [-0.15, -0.1) is 0 Å². The van der Waals surface area contributed by atoms with Crippen LogP contribution in [0.4, 0.5) is 4.39 Å². The molecule has 0 saturated carbocycles. The van der Waals surface area contributed by atoms with E-state index in [-0.39, 0.29) is 0 Å². The molecule has 0 radical (unpaired) electrons. The number of aromatic nitrogens is 2. The Morgan fingerprint density at radius 1 is 1.26 bits per heavy atom. The van der Waals surface area contributed by atoms with Crippen LogP contribution in [0.25, 0.3) is 0 Å². The van der Waals surface area contributed by atoms with Gasteiger partial charge in [-0.3, -0.25) is 14.3 Å². The van der Waals surface area contributed by atoms with Crippen LogP contribution in [-0.4, -0.2) is 14.7 Å². The van der Waals surface area contributed by atoms with E-state index in [0.717, 1.165) is 15.7 Å². The van der Waals surface area contributed by atoms with Crippen molar-refractivity contribution < 1.29 is 9.50 Å². The van der Waals surface area contributed by atoms with Crippen molar-refractivity contribution in [2.75, 3.05) is 0 Å². The monoisotopic (exact) mass is 264 g/mol. The largest absolute Gasteiger partial charge is 0.492 e. The van der Waals surface area contributed by atoms with E-state index >= 15 is 0 Å². The summed E-state index contributed by atoms with van der Waals surface area (Å²) in [5.74, 6) is -2.32. The molecule has 19 heavy (non-hydrogen) atoms. The summed E-state index contributed by atoms with van der Waals surface area (Å²) in [6.07, 6.45) is 0. The fraction of sp³-hybridized carbons (Fsp3) is 0.231. The van der Waals surface area contributed by atoms with Crippen molar-refractivity contribution >= 4 is 0 Å². The summed E-state index contributed by atoms with van der Waals surface area (Å²) in [5, 5.41) is 9.61. The molecule has 1 unspecified atom stereocenters. The van der Waals surface area contributed by atoms with Crippen molar-refractivity contribution in [3.63, 3.8) is 0 Å². The van der Waals surface area contributed by atoms with E-state index in [4.69, 9.17) is 0 Å². The van der Waals surface area contributed by atoms with Gasteiger partial charge in [-0.25, -0.2) is 4.79 Å². The molecular weight excluding hydrogens is 251 g/mol. The average Bonchev–Trinajstić information content (AvgIpc) is 2.37. The van der Waals surface area contributed by atoms with Crippen LogP contribution in [0, 0.1) is 12.7 Å². The van der Waals surface area contributed by atoms with Crippen molar-refractivity contribution in [3.8, 4) is 5.88 Å². The van der Waals surface area contributed by atoms with Crippen LogP contribution in [0.5, 0.6) is 5.88 Å². The van der Waals surface area contributed by atoms with Crippen LogP contribution in [-0.2, 0) is 0 Å². The number of nitrogens with one attached hydrogen (secondary N) is 1. The van der Waals surface area contributed by atoms with Gasteiger partial charge in [0, 0.05) is 0 Å². The van der Waals surface area contributed by atoms with E-state index in [9.17, 15) is 19.1 Å². The number of H-pyrrole nitrogens is 1. The Labute approximate surface area is 108 Å². The summed E-state index contributed by atoms with van der Waals surface area (Å²) in [6.45, 7) is 3.54. The van der Waals surface area contributed by atoms with E-state index in [2.05, 4.69) is 0 Å². The van der Waals surface area contributed by atoms with Crippen molar-refractivity contribution in [2.24, 2.45) is 0 Å². The number of hydrogen-bond acceptors (Lipinski definition) is 3. The molecule has 6 heteroatoms. The molecule has 1 atom stereocenters. The van der Waals surface area contributed by atoms with Crippen molar-refractivity contribution in [2.45, 2.75) is 19.9 Å². The van der Waals surface area contributed by atoms with Gasteiger partial charge in [0.2, 0.25) is 11.7 Å². The Morgan fingerprint density at radius 3 is 2.42 bits per heavy atom. The molecule has 0 saturated heterocycles. The maximum absolute atomic E-state index is 13.4. The van der Waals surface area contributed by atoms with Gasteiger partial charge in [0.15, 0.2) is 0 Å². The minimum atomic E-state index is -1.36. The van der Waals surface area contributed by atoms with Gasteiger partial charge in [-0.2, -0.15) is 4.39 Å². The molecule has 1 aromatic heterocycles. The zero-order valence-corrected chi connectivity index (χ0v) is 10.5. The molecular formula is C13H13FN2O3. The molecule has 5 nitrogen and oxygen atoms in total. The topological polar surface area (TPSA) is 75.1 Å². The molecule has 0 fully saturated rings. The lowest BCUT2D eigenvalue weighted by molar-refractivity contribution is 0.351. The molecule has 0 spiro atoms. The predicted molar refractivity (Wildman–Crippen MR) is 67.9 cm³/mol. The highest BCUT2D eigenvalue weighted by atomic mass is 19.1. The summed E-state index contributed by atoms with van der Waals surface area (Å²) < 4.78 is 14.2. The molecule has 1 heterocycles. The van der Waals surface area contributed by atoms with E-state index in [1.807, 2.05) is 24.0 Å². The second kappa shape index (κ2) is 4.72. The van der Waals surface area contributed by atoms with Crippen LogP contribution in [0.2, 0.25) is 0 Å². The molecule has 0 aliphatic carbocycles. The van der Waals surface area contributed by atoms with E-state index in [1.54, 1.807) is 19.1 Å². The number of halogens is 1. The number of rotatable bonds is 2. The molecule has 0 aliphatic heterocycles. The van der Waals surface area contributed by atoms with Gasteiger partial charge in [-0.1, -0.05) is 29.8 Å². The van der Waals surface area contributed by atoms with Gasteiger partial charge < -0.3 is 5.11 Å². The molecule has 2 N–H and O–H groups in total. The predicted octanol–water partition coefficient (Wildman–Crippen LogP) is 1.30. The van der Waals surface area contributed by atoms with Gasteiger partial charge in [0.05, 0.1) is 6.04 Å². The van der Waals surface area contributed by atoms with E-state index in [1.165, 1.54) is 0 Å². The second-order valence-electron chi connectivity index (χ2n) is 4.35. The number of nitrogens with zero attached hydrogens (tertiary/aromatic N) is 1. The summed E-state index contributed by atoms with van der Waals surface area (Å²) in [4.78, 5) is 24.5. The lowest BCUT2D eigenvalue weighted by atomic mass is 10.1. The SMILES string of the molecule is Cc1ccc(C(C)n2c(O)c(F)c(=O)[nH]c2=O)cc1. The molecule has 100 valence electrons. The Balaban J connectivity index is 2.59. The summed E-state index contributed by atoms with van der Waals surface area (Å²) in [5.41, 5.74) is -0.318. The molecule has 2 rings (SSSR count). The third-order valence-electron chi connectivity index (χ3n) is 3.01. The third kappa shape index (κ3) is 2.29. The first-order valence-corrected chi connectivity index (χ1v) is 5.71. The Morgan fingerprint density at radius 2 is 1.84 bits per heavy atom. The lowest BCUT2D eigenvalue weighted by Crippen LogP contribution is -2.33. The summed E-state index contributed by atoms with van der Waals surface area (Å²) in [7, 11) is 0. The third-order valence-corrected chi connectivity index (χ3v) is 3.01. The quantitative estimate of drug-likeness (QED) is 0.858. The molecule has 0 amide bonds. The first-order chi connectivity index (χ1) is 8.91. The first kappa shape index (κ1) is 13.1. The second-order valence-corrected chi connectivity index (χ2v) is 4.35. The highest BCUT2D eigenvalue weighted by molar-refractivity contribution is 5.26. The summed E-state index contributed by atoms with van der Waals surface area (Å²) >= 11 is 0. The Bertz CT molecular complexity index is 716. The zero-order chi connectivity index (χ0) is 14.2. The van der Waals surface area contributed by atoms with Crippen LogP contribution < -0.4 is 11.2 Å². The van der Waals surface area contributed by atoms with Crippen LogP contribution in [0.3, 0.4) is 0 Å². The number of aryl methyl sites for hydroxylation is 1. The van der Waals surface area contributed by atoms with Crippen molar-refractivity contribution in [1.82, 2.24) is 9.55 Å². The standard InChI is InChI=1S/C13H13FN2O3/c1-7-3-5-9(6-4-7)8(2)16-12(18)10(14)11(17)15-13(16)19/h3-6,8,18H,1-2H3,(H,15,17,19). The maximum atomic E-state index is 13.4. The smallest absolute Gasteiger partial charge is 0.331 e. The van der Waals surface area contributed by atoms with Crippen LogP contribution in [0.15, 0.2) is 33.9 Å². The highest BCUT2D eigenvalue weighted by Crippen LogP contribution is 2.21. The molecule has 2 aromatic rings. The fourth-order valence-corrected chi connectivity index (χ4v) is 1.87. The minimum absolute atomic E-state index is 0.598. The number of aromatic hydroxyl groups is 1. The van der Waals surface area contributed by atoms with Crippen molar-refractivity contribution in [3.05, 3.63) is 62.0 Å². The molecule has 1 aromatic carbocycles. The Hall–Kier alpha value is -2.37. The highest BCUT2D eigenvalue weighted by Gasteiger charge is 2.19. The van der Waals surface area contributed by atoms with Gasteiger partial charge in [0.1, 0.15) is 0 Å². The van der Waals surface area contributed by atoms with Crippen LogP contribution >= 0.6 is 0 Å². The normalized spacial score (nSPS) is 12.4. The van der Waals surface area contributed by atoms with E-state index < -0.39 is 29.0 Å². The van der Waals surface area contributed by atoms with E-state index in [0.29, 0.717) is 0 Å². The summed E-state index contributed by atoms with van der Waals surface area (Å²) in [6, 6.07) is 6.63. The lowest BCUT2D eigenvalue weighted by Gasteiger charge is -2.16. The van der Waals surface area contributed by atoms with Gasteiger partial charge >= 0.3 is 5.69 Å². The van der Waals surface area contributed by atoms with Crippen molar-refractivity contribution in [1.29, 1.82) is 0 Å². The average molecular weight is 264 g/mol. The van der Waals surface area contributed by atoms with Crippen LogP contribution in [0.1, 0.15) is 24.1 Å². The molecule has 0 bridgehead atoms. The van der Waals surface area contributed by atoms with Gasteiger partial charge in [0.25, 0.3) is 5.56 Å². The first-order valence-electron chi connectivity index (χ1n) is 5.71. The molecule has 0 aliphatic rings. The fourth-order valence-electron chi connectivity index (χ4n) is 1.87. The zero-order valence-electron chi connectivity index (χ0n) is 10.5. The maximum Gasteiger partial charge on any atom is 0.331 e. The Kier molecular flexibility index (Phi) is 3.25. The van der Waals surface area contributed by atoms with Gasteiger partial charge in [-0.05, 0) is 19.4 Å². The number of hydrogen-bond donors (Lipinski definition) is 2.